The van der Waals surface area contributed by atoms with E-state index in [1.807, 2.05) is 0 Å². The van der Waals surface area contributed by atoms with Gasteiger partial charge in [-0.15, -0.1) is 0 Å². The molecule has 0 amide bonds. The summed E-state index contributed by atoms with van der Waals surface area (Å²) < 4.78 is 10.9. The number of benzene rings is 1. The standard InChI is InChI=1S/C12H9BrO3/c1-15-8-4-5-10(13)9(7-8)12(14)11-3-2-6-16-11/h2-7H,1H3. The summed E-state index contributed by atoms with van der Waals surface area (Å²) in [6.07, 6.45) is 1.47. The Morgan fingerprint density at radius 1 is 1.38 bits per heavy atom. The van der Waals surface area contributed by atoms with Gasteiger partial charge in [0.25, 0.3) is 0 Å². The van der Waals surface area contributed by atoms with Crippen LogP contribution in [0, 0.1) is 0 Å². The third-order valence-electron chi connectivity index (χ3n) is 2.16. The van der Waals surface area contributed by atoms with Crippen molar-refractivity contribution in [2.24, 2.45) is 0 Å². The average molecular weight is 281 g/mol. The first-order valence-corrected chi connectivity index (χ1v) is 5.43. The minimum Gasteiger partial charge on any atom is -0.497 e. The Morgan fingerprint density at radius 2 is 2.19 bits per heavy atom. The molecule has 2 aromatic rings. The number of carbonyl (C=O) groups excluding carboxylic acids is 1. The summed E-state index contributed by atoms with van der Waals surface area (Å²) in [6, 6.07) is 8.54. The lowest BCUT2D eigenvalue weighted by molar-refractivity contribution is 0.101. The second-order valence-electron chi connectivity index (χ2n) is 3.15. The fourth-order valence-corrected chi connectivity index (χ4v) is 1.77. The molecule has 1 aromatic carbocycles. The highest BCUT2D eigenvalue weighted by molar-refractivity contribution is 9.10. The monoisotopic (exact) mass is 280 g/mol. The minimum atomic E-state index is -0.171. The maximum absolute atomic E-state index is 12.0. The third-order valence-corrected chi connectivity index (χ3v) is 2.85. The van der Waals surface area contributed by atoms with E-state index in [-0.39, 0.29) is 5.78 Å². The Kier molecular flexibility index (Phi) is 3.10. The van der Waals surface area contributed by atoms with Crippen LogP contribution < -0.4 is 4.74 Å². The first kappa shape index (κ1) is 11.0. The number of hydrogen-bond donors (Lipinski definition) is 0. The van der Waals surface area contributed by atoms with Gasteiger partial charge in [-0.2, -0.15) is 0 Å². The smallest absolute Gasteiger partial charge is 0.229 e. The lowest BCUT2D eigenvalue weighted by atomic mass is 10.1. The zero-order valence-electron chi connectivity index (χ0n) is 8.57. The Labute approximate surface area is 101 Å². The highest BCUT2D eigenvalue weighted by atomic mass is 79.9. The number of ether oxygens (including phenoxy) is 1. The molecule has 82 valence electrons. The van der Waals surface area contributed by atoms with Gasteiger partial charge in [-0.25, -0.2) is 0 Å². The molecular formula is C12H9BrO3. The van der Waals surface area contributed by atoms with Gasteiger partial charge in [-0.05, 0) is 30.3 Å². The van der Waals surface area contributed by atoms with Gasteiger partial charge in [0.15, 0.2) is 5.76 Å². The molecule has 0 unspecified atom stereocenters. The van der Waals surface area contributed by atoms with Crippen molar-refractivity contribution >= 4 is 21.7 Å². The molecule has 0 aliphatic carbocycles. The van der Waals surface area contributed by atoms with E-state index in [2.05, 4.69) is 15.9 Å². The van der Waals surface area contributed by atoms with Crippen molar-refractivity contribution < 1.29 is 13.9 Å². The second kappa shape index (κ2) is 4.53. The van der Waals surface area contributed by atoms with Crippen LogP contribution in [-0.2, 0) is 0 Å². The highest BCUT2D eigenvalue weighted by Crippen LogP contribution is 2.24. The minimum absolute atomic E-state index is 0.171. The van der Waals surface area contributed by atoms with Crippen LogP contribution in [0.2, 0.25) is 0 Å². The topological polar surface area (TPSA) is 39.4 Å². The molecular weight excluding hydrogens is 272 g/mol. The highest BCUT2D eigenvalue weighted by Gasteiger charge is 2.15. The largest absolute Gasteiger partial charge is 0.497 e. The molecule has 3 nitrogen and oxygen atoms in total. The average Bonchev–Trinajstić information content (AvgIpc) is 2.82. The molecule has 0 N–H and O–H groups in total. The van der Waals surface area contributed by atoms with E-state index in [0.29, 0.717) is 17.1 Å². The van der Waals surface area contributed by atoms with E-state index >= 15 is 0 Å². The Morgan fingerprint density at radius 3 is 2.81 bits per heavy atom. The quantitative estimate of drug-likeness (QED) is 0.810. The van der Waals surface area contributed by atoms with Crippen LogP contribution in [0.1, 0.15) is 16.1 Å². The van der Waals surface area contributed by atoms with E-state index in [9.17, 15) is 4.79 Å². The van der Waals surface area contributed by atoms with Crippen molar-refractivity contribution in [1.29, 1.82) is 0 Å². The lowest BCUT2D eigenvalue weighted by Gasteiger charge is -2.04. The van der Waals surface area contributed by atoms with E-state index < -0.39 is 0 Å². The Balaban J connectivity index is 2.43. The molecule has 0 bridgehead atoms. The molecule has 0 spiro atoms. The Hall–Kier alpha value is -1.55. The van der Waals surface area contributed by atoms with Crippen LogP contribution in [0.5, 0.6) is 5.75 Å². The van der Waals surface area contributed by atoms with Gasteiger partial charge in [0, 0.05) is 10.0 Å². The molecule has 0 fully saturated rings. The molecule has 0 radical (unpaired) electrons. The maximum atomic E-state index is 12.0. The summed E-state index contributed by atoms with van der Waals surface area (Å²) in [4.78, 5) is 12.0. The lowest BCUT2D eigenvalue weighted by Crippen LogP contribution is -2.01. The first-order valence-electron chi connectivity index (χ1n) is 4.64. The van der Waals surface area contributed by atoms with Crippen molar-refractivity contribution in [2.45, 2.75) is 0 Å². The number of methoxy groups -OCH3 is 1. The number of rotatable bonds is 3. The third kappa shape index (κ3) is 2.02. The molecule has 0 saturated carbocycles. The van der Waals surface area contributed by atoms with Gasteiger partial charge >= 0.3 is 0 Å². The second-order valence-corrected chi connectivity index (χ2v) is 4.01. The van der Waals surface area contributed by atoms with Gasteiger partial charge in [-0.3, -0.25) is 4.79 Å². The molecule has 0 saturated heterocycles. The van der Waals surface area contributed by atoms with Crippen molar-refractivity contribution in [3.8, 4) is 5.75 Å². The molecule has 0 aliphatic rings. The summed E-state index contributed by atoms with van der Waals surface area (Å²) in [5.41, 5.74) is 0.523. The van der Waals surface area contributed by atoms with E-state index in [1.165, 1.54) is 6.26 Å². The zero-order valence-corrected chi connectivity index (χ0v) is 10.2. The maximum Gasteiger partial charge on any atom is 0.229 e. The molecule has 0 atom stereocenters. The van der Waals surface area contributed by atoms with Gasteiger partial charge in [0.05, 0.1) is 13.4 Å². The van der Waals surface area contributed by atoms with Gasteiger partial charge in [-0.1, -0.05) is 15.9 Å². The Bertz CT molecular complexity index is 503. The molecule has 1 aromatic heterocycles. The van der Waals surface area contributed by atoms with Crippen molar-refractivity contribution in [1.82, 2.24) is 0 Å². The molecule has 2 rings (SSSR count). The summed E-state index contributed by atoms with van der Waals surface area (Å²) >= 11 is 3.33. The van der Waals surface area contributed by atoms with Crippen LogP contribution in [-0.4, -0.2) is 12.9 Å². The summed E-state index contributed by atoms with van der Waals surface area (Å²) in [5.74, 6) is 0.780. The van der Waals surface area contributed by atoms with Crippen LogP contribution >= 0.6 is 15.9 Å². The van der Waals surface area contributed by atoms with Crippen molar-refractivity contribution in [2.75, 3.05) is 7.11 Å². The van der Waals surface area contributed by atoms with Crippen LogP contribution in [0.25, 0.3) is 0 Å². The van der Waals surface area contributed by atoms with Crippen LogP contribution in [0.3, 0.4) is 0 Å². The van der Waals surface area contributed by atoms with E-state index in [0.717, 1.165) is 4.47 Å². The fraction of sp³-hybridized carbons (Fsp3) is 0.0833. The predicted molar refractivity (Wildman–Crippen MR) is 62.8 cm³/mol. The van der Waals surface area contributed by atoms with Gasteiger partial charge < -0.3 is 9.15 Å². The number of carbonyl (C=O) groups is 1. The normalized spacial score (nSPS) is 10.1. The molecule has 0 aliphatic heterocycles. The summed E-state index contributed by atoms with van der Waals surface area (Å²) in [6.45, 7) is 0. The summed E-state index contributed by atoms with van der Waals surface area (Å²) in [5, 5.41) is 0. The van der Waals surface area contributed by atoms with Crippen LogP contribution in [0.15, 0.2) is 45.5 Å². The van der Waals surface area contributed by atoms with Gasteiger partial charge in [0.2, 0.25) is 5.78 Å². The zero-order chi connectivity index (χ0) is 11.5. The van der Waals surface area contributed by atoms with Crippen molar-refractivity contribution in [3.63, 3.8) is 0 Å². The van der Waals surface area contributed by atoms with E-state index in [4.69, 9.17) is 9.15 Å². The SMILES string of the molecule is COc1ccc(Br)c(C(=O)c2ccco2)c1. The molecule has 4 heteroatoms. The number of halogens is 1. The first-order chi connectivity index (χ1) is 7.72. The summed E-state index contributed by atoms with van der Waals surface area (Å²) in [7, 11) is 1.56. The van der Waals surface area contributed by atoms with Crippen LogP contribution in [0.4, 0.5) is 0 Å². The predicted octanol–water partition coefficient (Wildman–Crippen LogP) is 3.28. The van der Waals surface area contributed by atoms with Gasteiger partial charge in [0.1, 0.15) is 5.75 Å². The molecule has 1 heterocycles. The number of hydrogen-bond acceptors (Lipinski definition) is 3. The number of ketones is 1. The molecule has 16 heavy (non-hydrogen) atoms. The fourth-order valence-electron chi connectivity index (χ4n) is 1.35. The van der Waals surface area contributed by atoms with E-state index in [1.54, 1.807) is 37.4 Å². The van der Waals surface area contributed by atoms with Crippen molar-refractivity contribution in [3.05, 3.63) is 52.4 Å². The number of furan rings is 1.